The van der Waals surface area contributed by atoms with Crippen LogP contribution in [0, 0.1) is 0 Å². The van der Waals surface area contributed by atoms with Crippen LogP contribution in [0.4, 0.5) is 0 Å². The summed E-state index contributed by atoms with van der Waals surface area (Å²) < 4.78 is 10.9. The monoisotopic (exact) mass is 345 g/mol. The van der Waals surface area contributed by atoms with Gasteiger partial charge in [0, 0.05) is 11.4 Å². The molecule has 7 heteroatoms. The third kappa shape index (κ3) is 2.81. The summed E-state index contributed by atoms with van der Waals surface area (Å²) in [5.41, 5.74) is 1.77. The molecule has 0 unspecified atom stereocenters. The van der Waals surface area contributed by atoms with Crippen molar-refractivity contribution in [2.45, 2.75) is 6.42 Å². The molecule has 0 spiro atoms. The van der Waals surface area contributed by atoms with Gasteiger partial charge >= 0.3 is 0 Å². The Balaban J connectivity index is 1.73. The summed E-state index contributed by atoms with van der Waals surface area (Å²) >= 11 is 12.1. The van der Waals surface area contributed by atoms with Gasteiger partial charge in [-0.3, -0.25) is 0 Å². The standard InChI is InChI=1S/C16H9Cl2N3O2/c17-10-5-3-9(4-6-10)8-12-19-14(18)13-16(20-12)23-15(21-13)11-2-1-7-22-11/h1-7H,8H2. The van der Waals surface area contributed by atoms with Gasteiger partial charge in [0.2, 0.25) is 0 Å². The van der Waals surface area contributed by atoms with Crippen LogP contribution in [0.25, 0.3) is 22.9 Å². The molecule has 0 fully saturated rings. The van der Waals surface area contributed by atoms with Crippen molar-refractivity contribution in [2.75, 3.05) is 0 Å². The summed E-state index contributed by atoms with van der Waals surface area (Å²) in [5, 5.41) is 0.932. The van der Waals surface area contributed by atoms with Gasteiger partial charge in [-0.25, -0.2) is 9.97 Å². The number of rotatable bonds is 3. The predicted molar refractivity (Wildman–Crippen MR) is 86.6 cm³/mol. The van der Waals surface area contributed by atoms with Gasteiger partial charge in [-0.05, 0) is 29.8 Å². The maximum absolute atomic E-state index is 6.20. The molecule has 3 heterocycles. The van der Waals surface area contributed by atoms with Gasteiger partial charge in [-0.2, -0.15) is 4.98 Å². The van der Waals surface area contributed by atoms with E-state index in [9.17, 15) is 0 Å². The Hall–Kier alpha value is -2.37. The van der Waals surface area contributed by atoms with Crippen LogP contribution in [0.15, 0.2) is 51.5 Å². The van der Waals surface area contributed by atoms with Crippen LogP contribution in [0.3, 0.4) is 0 Å². The Morgan fingerprint density at radius 1 is 0.957 bits per heavy atom. The number of oxazole rings is 1. The van der Waals surface area contributed by atoms with E-state index in [2.05, 4.69) is 15.0 Å². The maximum Gasteiger partial charge on any atom is 0.265 e. The van der Waals surface area contributed by atoms with Crippen molar-refractivity contribution >= 4 is 34.4 Å². The Morgan fingerprint density at radius 2 is 1.78 bits per heavy atom. The average Bonchev–Trinajstić information content (AvgIpc) is 3.18. The molecule has 23 heavy (non-hydrogen) atoms. The van der Waals surface area contributed by atoms with E-state index in [0.29, 0.717) is 40.1 Å². The van der Waals surface area contributed by atoms with E-state index in [1.165, 1.54) is 0 Å². The topological polar surface area (TPSA) is 65.0 Å². The second-order valence-corrected chi connectivity index (χ2v) is 5.68. The SMILES string of the molecule is Clc1ccc(Cc2nc(Cl)c3nc(-c4ccco4)oc3n2)cc1. The Morgan fingerprint density at radius 3 is 2.52 bits per heavy atom. The van der Waals surface area contributed by atoms with Crippen LogP contribution in [-0.4, -0.2) is 15.0 Å². The number of aromatic nitrogens is 3. The molecule has 114 valence electrons. The summed E-state index contributed by atoms with van der Waals surface area (Å²) in [4.78, 5) is 12.9. The van der Waals surface area contributed by atoms with E-state index in [0.717, 1.165) is 5.56 Å². The normalized spacial score (nSPS) is 11.2. The van der Waals surface area contributed by atoms with Gasteiger partial charge in [0.1, 0.15) is 5.82 Å². The molecule has 0 atom stereocenters. The lowest BCUT2D eigenvalue weighted by molar-refractivity contribution is 0.530. The fourth-order valence-electron chi connectivity index (χ4n) is 2.20. The Bertz CT molecular complexity index is 963. The summed E-state index contributed by atoms with van der Waals surface area (Å²) in [7, 11) is 0. The Labute approximate surface area is 140 Å². The van der Waals surface area contributed by atoms with Crippen LogP contribution in [0.1, 0.15) is 11.4 Å². The maximum atomic E-state index is 6.20. The largest absolute Gasteiger partial charge is 0.459 e. The second-order valence-electron chi connectivity index (χ2n) is 4.88. The summed E-state index contributed by atoms with van der Waals surface area (Å²) in [5.74, 6) is 1.38. The molecular weight excluding hydrogens is 337 g/mol. The number of hydrogen-bond donors (Lipinski definition) is 0. The summed E-state index contributed by atoms with van der Waals surface area (Å²) in [6, 6.07) is 11.0. The van der Waals surface area contributed by atoms with Crippen LogP contribution in [0.5, 0.6) is 0 Å². The number of fused-ring (bicyclic) bond motifs is 1. The molecule has 0 aliphatic rings. The molecule has 0 saturated carbocycles. The van der Waals surface area contributed by atoms with E-state index in [4.69, 9.17) is 32.0 Å². The van der Waals surface area contributed by atoms with Gasteiger partial charge in [0.05, 0.1) is 6.26 Å². The summed E-state index contributed by atoms with van der Waals surface area (Å²) in [6.07, 6.45) is 2.06. The van der Waals surface area contributed by atoms with Crippen molar-refractivity contribution in [3.05, 3.63) is 64.2 Å². The van der Waals surface area contributed by atoms with Crippen molar-refractivity contribution in [1.82, 2.24) is 15.0 Å². The molecule has 0 saturated heterocycles. The van der Waals surface area contributed by atoms with Crippen LogP contribution >= 0.6 is 23.2 Å². The highest BCUT2D eigenvalue weighted by Crippen LogP contribution is 2.27. The van der Waals surface area contributed by atoms with Gasteiger partial charge < -0.3 is 8.83 Å². The number of hydrogen-bond acceptors (Lipinski definition) is 5. The molecule has 0 aliphatic heterocycles. The highest BCUT2D eigenvalue weighted by atomic mass is 35.5. The average molecular weight is 346 g/mol. The zero-order valence-corrected chi connectivity index (χ0v) is 13.2. The minimum atomic E-state index is 0.250. The van der Waals surface area contributed by atoms with Gasteiger partial charge in [-0.15, -0.1) is 0 Å². The van der Waals surface area contributed by atoms with Crippen LogP contribution in [0.2, 0.25) is 10.2 Å². The van der Waals surface area contributed by atoms with E-state index in [-0.39, 0.29) is 5.15 Å². The van der Waals surface area contributed by atoms with E-state index >= 15 is 0 Å². The van der Waals surface area contributed by atoms with Crippen molar-refractivity contribution in [2.24, 2.45) is 0 Å². The predicted octanol–water partition coefficient (Wildman–Crippen LogP) is 4.78. The van der Waals surface area contributed by atoms with Crippen molar-refractivity contribution in [3.8, 4) is 11.7 Å². The zero-order valence-electron chi connectivity index (χ0n) is 11.7. The van der Waals surface area contributed by atoms with E-state index < -0.39 is 0 Å². The van der Waals surface area contributed by atoms with Gasteiger partial charge in [0.15, 0.2) is 16.4 Å². The number of halogens is 2. The lowest BCUT2D eigenvalue weighted by Gasteiger charge is -2.01. The first-order valence-electron chi connectivity index (χ1n) is 6.80. The van der Waals surface area contributed by atoms with Gasteiger partial charge in [-0.1, -0.05) is 35.3 Å². The minimum Gasteiger partial charge on any atom is -0.459 e. The van der Waals surface area contributed by atoms with E-state index in [1.54, 1.807) is 18.4 Å². The van der Waals surface area contributed by atoms with Crippen LogP contribution < -0.4 is 0 Å². The molecule has 0 N–H and O–H groups in total. The quantitative estimate of drug-likeness (QED) is 0.500. The van der Waals surface area contributed by atoms with E-state index in [1.807, 2.05) is 24.3 Å². The molecule has 3 aromatic heterocycles. The molecule has 5 nitrogen and oxygen atoms in total. The van der Waals surface area contributed by atoms with Crippen molar-refractivity contribution < 1.29 is 8.83 Å². The minimum absolute atomic E-state index is 0.250. The first-order chi connectivity index (χ1) is 11.2. The lowest BCUT2D eigenvalue weighted by Crippen LogP contribution is -1.97. The molecule has 4 rings (SSSR count). The molecule has 4 aromatic rings. The fourth-order valence-corrected chi connectivity index (χ4v) is 2.55. The smallest absolute Gasteiger partial charge is 0.265 e. The van der Waals surface area contributed by atoms with Gasteiger partial charge in [0.25, 0.3) is 11.6 Å². The molecular formula is C16H9Cl2N3O2. The Kier molecular flexibility index (Phi) is 3.52. The number of benzene rings is 1. The molecule has 0 radical (unpaired) electrons. The van der Waals surface area contributed by atoms with Crippen molar-refractivity contribution in [1.29, 1.82) is 0 Å². The zero-order chi connectivity index (χ0) is 15.8. The van der Waals surface area contributed by atoms with Crippen molar-refractivity contribution in [3.63, 3.8) is 0 Å². The number of furan rings is 1. The molecule has 1 aromatic carbocycles. The lowest BCUT2D eigenvalue weighted by atomic mass is 10.1. The highest BCUT2D eigenvalue weighted by Gasteiger charge is 2.16. The molecule has 0 aliphatic carbocycles. The highest BCUT2D eigenvalue weighted by molar-refractivity contribution is 6.33. The first kappa shape index (κ1) is 14.2. The second kappa shape index (κ2) is 5.68. The fraction of sp³-hybridized carbons (Fsp3) is 0.0625. The van der Waals surface area contributed by atoms with Crippen LogP contribution in [-0.2, 0) is 6.42 Å². The third-order valence-electron chi connectivity index (χ3n) is 3.27. The molecule has 0 amide bonds. The third-order valence-corrected chi connectivity index (χ3v) is 3.79. The molecule has 0 bridgehead atoms. The summed E-state index contributed by atoms with van der Waals surface area (Å²) in [6.45, 7) is 0. The number of nitrogens with zero attached hydrogens (tertiary/aromatic N) is 3. The first-order valence-corrected chi connectivity index (χ1v) is 7.56.